The van der Waals surface area contributed by atoms with Gasteiger partial charge in [-0.05, 0) is 25.5 Å². The minimum absolute atomic E-state index is 0.223. The summed E-state index contributed by atoms with van der Waals surface area (Å²) >= 11 is 0. The van der Waals surface area contributed by atoms with Crippen molar-refractivity contribution in [1.29, 1.82) is 0 Å². The number of hydrogen-bond donors (Lipinski definition) is 1. The predicted octanol–water partition coefficient (Wildman–Crippen LogP) is 0.0935. The van der Waals surface area contributed by atoms with E-state index in [1.54, 1.807) is 6.20 Å². The topological polar surface area (TPSA) is 50.2 Å². The minimum Gasteiger partial charge on any atom is -0.339 e. The van der Waals surface area contributed by atoms with Gasteiger partial charge in [-0.1, -0.05) is 0 Å². The number of piperidine rings is 1. The smallest absolute Gasteiger partial charge is 0.227 e. The van der Waals surface area contributed by atoms with Crippen LogP contribution < -0.4 is 5.32 Å². The van der Waals surface area contributed by atoms with E-state index in [4.69, 9.17) is 0 Å². The third kappa shape index (κ3) is 2.07. The fraction of sp³-hybridized carbons (Fsp3) is 0.667. The molecule has 1 aromatic heterocycles. The van der Waals surface area contributed by atoms with Gasteiger partial charge in [0.15, 0.2) is 0 Å². The highest BCUT2D eigenvalue weighted by Crippen LogP contribution is 2.25. The predicted molar refractivity (Wildman–Crippen MR) is 63.3 cm³/mol. The molecule has 0 spiro atoms. The summed E-state index contributed by atoms with van der Waals surface area (Å²) in [5.74, 6) is 0.552. The summed E-state index contributed by atoms with van der Waals surface area (Å²) in [5, 5.41) is 7.61. The highest BCUT2D eigenvalue weighted by Gasteiger charge is 2.40. The van der Waals surface area contributed by atoms with Crippen LogP contribution in [0.2, 0.25) is 0 Å². The lowest BCUT2D eigenvalue weighted by atomic mass is 9.94. The van der Waals surface area contributed by atoms with Crippen LogP contribution in [0.5, 0.6) is 0 Å². The maximum atomic E-state index is 12.2. The van der Waals surface area contributed by atoms with E-state index in [0.717, 1.165) is 39.0 Å². The van der Waals surface area contributed by atoms with Crippen LogP contribution in [0.3, 0.4) is 0 Å². The molecular weight excluding hydrogens is 216 g/mol. The van der Waals surface area contributed by atoms with E-state index >= 15 is 0 Å². The molecule has 2 fully saturated rings. The highest BCUT2D eigenvalue weighted by molar-refractivity contribution is 5.82. The van der Waals surface area contributed by atoms with Crippen LogP contribution in [-0.4, -0.2) is 46.3 Å². The van der Waals surface area contributed by atoms with Crippen molar-refractivity contribution in [2.24, 2.45) is 5.92 Å². The standard InChI is InChI=1S/C12H18N4O/c17-12-10-3-1-4-13-11(10)9-15(12)7-8-16-6-2-5-14-16/h2,5-6,10-11,13H,1,3-4,7-9H2. The van der Waals surface area contributed by atoms with Crippen molar-refractivity contribution < 1.29 is 4.79 Å². The Bertz CT molecular complexity index is 389. The van der Waals surface area contributed by atoms with Gasteiger partial charge in [-0.3, -0.25) is 9.48 Å². The molecule has 0 bridgehead atoms. The SMILES string of the molecule is O=C1C2CCCNC2CN1CCn1cccn1. The lowest BCUT2D eigenvalue weighted by molar-refractivity contribution is -0.131. The molecule has 0 aromatic carbocycles. The Kier molecular flexibility index (Phi) is 2.84. The Balaban J connectivity index is 1.59. The quantitative estimate of drug-likeness (QED) is 0.806. The van der Waals surface area contributed by atoms with Gasteiger partial charge in [0.1, 0.15) is 0 Å². The van der Waals surface area contributed by atoms with Crippen LogP contribution in [-0.2, 0) is 11.3 Å². The molecule has 2 saturated heterocycles. The van der Waals surface area contributed by atoms with Gasteiger partial charge in [-0.2, -0.15) is 5.10 Å². The van der Waals surface area contributed by atoms with Crippen LogP contribution in [0.25, 0.3) is 0 Å². The second-order valence-corrected chi connectivity index (χ2v) is 4.86. The number of nitrogens with zero attached hydrogens (tertiary/aromatic N) is 3. The van der Waals surface area contributed by atoms with E-state index in [1.165, 1.54) is 0 Å². The number of hydrogen-bond acceptors (Lipinski definition) is 3. The van der Waals surface area contributed by atoms with Crippen LogP contribution in [0.4, 0.5) is 0 Å². The Labute approximate surface area is 101 Å². The molecule has 2 aliphatic rings. The van der Waals surface area contributed by atoms with Crippen molar-refractivity contribution in [2.45, 2.75) is 25.4 Å². The lowest BCUT2D eigenvalue weighted by Crippen LogP contribution is -2.41. The molecule has 1 aromatic rings. The molecule has 2 atom stereocenters. The number of rotatable bonds is 3. The first-order valence-corrected chi connectivity index (χ1v) is 6.34. The maximum absolute atomic E-state index is 12.2. The first-order chi connectivity index (χ1) is 8.34. The lowest BCUT2D eigenvalue weighted by Gasteiger charge is -2.23. The van der Waals surface area contributed by atoms with E-state index in [2.05, 4.69) is 10.4 Å². The molecule has 0 saturated carbocycles. The molecule has 5 nitrogen and oxygen atoms in total. The summed E-state index contributed by atoms with van der Waals surface area (Å²) < 4.78 is 1.88. The molecule has 2 aliphatic heterocycles. The average molecular weight is 234 g/mol. The van der Waals surface area contributed by atoms with Gasteiger partial charge >= 0.3 is 0 Å². The summed E-state index contributed by atoms with van der Waals surface area (Å²) in [7, 11) is 0. The van der Waals surface area contributed by atoms with Gasteiger partial charge in [-0.25, -0.2) is 0 Å². The van der Waals surface area contributed by atoms with E-state index in [0.29, 0.717) is 11.9 Å². The number of carbonyl (C=O) groups excluding carboxylic acids is 1. The van der Waals surface area contributed by atoms with Gasteiger partial charge in [-0.15, -0.1) is 0 Å². The van der Waals surface area contributed by atoms with Crippen LogP contribution >= 0.6 is 0 Å². The molecular formula is C12H18N4O. The Hall–Kier alpha value is -1.36. The van der Waals surface area contributed by atoms with Crippen molar-refractivity contribution in [3.05, 3.63) is 18.5 Å². The second-order valence-electron chi connectivity index (χ2n) is 4.86. The highest BCUT2D eigenvalue weighted by atomic mass is 16.2. The molecule has 1 N–H and O–H groups in total. The molecule has 1 amide bonds. The third-order valence-corrected chi connectivity index (χ3v) is 3.79. The van der Waals surface area contributed by atoms with E-state index in [9.17, 15) is 4.79 Å². The Morgan fingerprint density at radius 2 is 2.41 bits per heavy atom. The third-order valence-electron chi connectivity index (χ3n) is 3.79. The van der Waals surface area contributed by atoms with Crippen LogP contribution in [0, 0.1) is 5.92 Å². The fourth-order valence-corrected chi connectivity index (χ4v) is 2.86. The largest absolute Gasteiger partial charge is 0.339 e. The van der Waals surface area contributed by atoms with Gasteiger partial charge in [0.25, 0.3) is 0 Å². The molecule has 5 heteroatoms. The Morgan fingerprint density at radius 1 is 1.47 bits per heavy atom. The molecule has 0 radical (unpaired) electrons. The van der Waals surface area contributed by atoms with E-state index in [1.807, 2.05) is 21.8 Å². The monoisotopic (exact) mass is 234 g/mol. The number of amides is 1. The zero-order chi connectivity index (χ0) is 11.7. The minimum atomic E-state index is 0.223. The normalized spacial score (nSPS) is 28.5. The van der Waals surface area contributed by atoms with Crippen molar-refractivity contribution in [3.63, 3.8) is 0 Å². The van der Waals surface area contributed by atoms with Gasteiger partial charge in [0.2, 0.25) is 5.91 Å². The zero-order valence-electron chi connectivity index (χ0n) is 9.88. The summed E-state index contributed by atoms with van der Waals surface area (Å²) in [4.78, 5) is 14.1. The zero-order valence-corrected chi connectivity index (χ0v) is 9.88. The molecule has 92 valence electrons. The number of likely N-dealkylation sites (tertiary alicyclic amines) is 1. The number of carbonyl (C=O) groups is 1. The van der Waals surface area contributed by atoms with Crippen molar-refractivity contribution in [2.75, 3.05) is 19.6 Å². The number of aromatic nitrogens is 2. The molecule has 17 heavy (non-hydrogen) atoms. The van der Waals surface area contributed by atoms with Gasteiger partial charge < -0.3 is 10.2 Å². The summed E-state index contributed by atoms with van der Waals surface area (Å²) in [6.45, 7) is 3.49. The summed E-state index contributed by atoms with van der Waals surface area (Å²) in [6.07, 6.45) is 5.88. The van der Waals surface area contributed by atoms with E-state index < -0.39 is 0 Å². The molecule has 2 unspecified atom stereocenters. The van der Waals surface area contributed by atoms with Gasteiger partial charge in [0.05, 0.1) is 12.5 Å². The second kappa shape index (κ2) is 4.49. The summed E-state index contributed by atoms with van der Waals surface area (Å²) in [6, 6.07) is 2.29. The molecule has 3 heterocycles. The van der Waals surface area contributed by atoms with Crippen LogP contribution in [0.15, 0.2) is 18.5 Å². The van der Waals surface area contributed by atoms with E-state index in [-0.39, 0.29) is 5.92 Å². The van der Waals surface area contributed by atoms with Crippen molar-refractivity contribution in [3.8, 4) is 0 Å². The summed E-state index contributed by atoms with van der Waals surface area (Å²) in [5.41, 5.74) is 0. The van der Waals surface area contributed by atoms with Crippen LogP contribution in [0.1, 0.15) is 12.8 Å². The first-order valence-electron chi connectivity index (χ1n) is 6.34. The fourth-order valence-electron chi connectivity index (χ4n) is 2.86. The Morgan fingerprint density at radius 3 is 3.18 bits per heavy atom. The maximum Gasteiger partial charge on any atom is 0.227 e. The van der Waals surface area contributed by atoms with Crippen molar-refractivity contribution >= 4 is 5.91 Å². The first kappa shape index (κ1) is 10.8. The average Bonchev–Trinajstić information content (AvgIpc) is 2.96. The molecule has 0 aliphatic carbocycles. The number of nitrogens with one attached hydrogen (secondary N) is 1. The van der Waals surface area contributed by atoms with Crippen molar-refractivity contribution in [1.82, 2.24) is 20.0 Å². The van der Waals surface area contributed by atoms with Gasteiger partial charge in [0, 0.05) is 31.5 Å². The number of fused-ring (bicyclic) bond motifs is 1. The molecule has 3 rings (SSSR count).